The standard InChI is InChI=1S/C21H22N4O4/c1-15(20(27)19(26)13-23-22)24-21(28)18(12-16-8-4-2-5-9-16)25-29-14-17-10-6-3-7-11-17/h2-11,13,15,18,25H,12,14H2,1H3,(H,24,28)/t15-,18-/m0/s1. The first-order chi connectivity index (χ1) is 14.0. The van der Waals surface area contributed by atoms with Crippen molar-refractivity contribution in [2.24, 2.45) is 0 Å². The van der Waals surface area contributed by atoms with Gasteiger partial charge in [-0.05, 0) is 24.5 Å². The number of hydroxylamine groups is 1. The molecule has 0 aliphatic rings. The zero-order valence-electron chi connectivity index (χ0n) is 15.9. The molecule has 2 aromatic rings. The predicted octanol–water partition coefficient (Wildman–Crippen LogP) is 1.26. The number of nitrogens with one attached hydrogen (secondary N) is 2. The van der Waals surface area contributed by atoms with Gasteiger partial charge in [-0.25, -0.2) is 0 Å². The molecule has 2 N–H and O–H groups in total. The monoisotopic (exact) mass is 394 g/mol. The number of Topliss-reactive ketones (excluding diaryl/α,β-unsaturated/α-hetero) is 2. The van der Waals surface area contributed by atoms with Crippen LogP contribution < -0.4 is 10.8 Å². The summed E-state index contributed by atoms with van der Waals surface area (Å²) in [4.78, 5) is 44.1. The molecule has 0 saturated heterocycles. The highest BCUT2D eigenvalue weighted by Gasteiger charge is 2.27. The summed E-state index contributed by atoms with van der Waals surface area (Å²) in [6.07, 6.45) is 0.808. The van der Waals surface area contributed by atoms with Gasteiger partial charge in [-0.15, -0.1) is 0 Å². The average molecular weight is 394 g/mol. The van der Waals surface area contributed by atoms with Gasteiger partial charge >= 0.3 is 12.0 Å². The molecule has 0 bridgehead atoms. The lowest BCUT2D eigenvalue weighted by Gasteiger charge is -2.20. The van der Waals surface area contributed by atoms with E-state index < -0.39 is 29.6 Å². The topological polar surface area (TPSA) is 121 Å². The molecule has 2 aromatic carbocycles. The number of benzene rings is 2. The molecule has 0 spiro atoms. The molecule has 2 rings (SSSR count). The van der Waals surface area contributed by atoms with E-state index in [-0.39, 0.29) is 6.61 Å². The van der Waals surface area contributed by atoms with Crippen LogP contribution in [0.3, 0.4) is 0 Å². The summed E-state index contributed by atoms with van der Waals surface area (Å²) in [5.41, 5.74) is 12.9. The molecule has 8 nitrogen and oxygen atoms in total. The smallest absolute Gasteiger partial charge is 0.331 e. The number of hydrogen-bond acceptors (Lipinski definition) is 5. The maximum atomic E-state index is 12.7. The zero-order valence-corrected chi connectivity index (χ0v) is 15.9. The van der Waals surface area contributed by atoms with E-state index in [2.05, 4.69) is 15.6 Å². The molecule has 2 atom stereocenters. The SMILES string of the molecule is C[C@H](NC(=O)[C@H](Cc1ccccc1)NOCc1ccccc1)C(=O)C(=O)C=[N+]=[N-]. The second-order valence-electron chi connectivity index (χ2n) is 6.34. The van der Waals surface area contributed by atoms with Gasteiger partial charge in [0, 0.05) is 0 Å². The van der Waals surface area contributed by atoms with Gasteiger partial charge in [-0.1, -0.05) is 60.7 Å². The van der Waals surface area contributed by atoms with Crippen molar-refractivity contribution in [1.82, 2.24) is 10.8 Å². The number of nitrogens with zero attached hydrogens (tertiary/aromatic N) is 2. The van der Waals surface area contributed by atoms with Crippen LogP contribution in [-0.2, 0) is 32.2 Å². The van der Waals surface area contributed by atoms with Crippen molar-refractivity contribution in [3.63, 3.8) is 0 Å². The van der Waals surface area contributed by atoms with Crippen molar-refractivity contribution < 1.29 is 24.0 Å². The van der Waals surface area contributed by atoms with E-state index in [9.17, 15) is 14.4 Å². The first-order valence-electron chi connectivity index (χ1n) is 9.02. The first-order valence-corrected chi connectivity index (χ1v) is 9.02. The Labute approximate surface area is 168 Å². The maximum Gasteiger partial charge on any atom is 0.331 e. The Bertz CT molecular complexity index is 880. The van der Waals surface area contributed by atoms with Gasteiger partial charge in [0.05, 0.1) is 12.6 Å². The lowest BCUT2D eigenvalue weighted by atomic mass is 10.0. The van der Waals surface area contributed by atoms with E-state index in [1.165, 1.54) is 6.92 Å². The fourth-order valence-corrected chi connectivity index (χ4v) is 2.55. The summed E-state index contributed by atoms with van der Waals surface area (Å²) < 4.78 is 0. The van der Waals surface area contributed by atoms with Gasteiger partial charge < -0.3 is 10.8 Å². The number of carbonyl (C=O) groups excluding carboxylic acids is 3. The van der Waals surface area contributed by atoms with Crippen molar-refractivity contribution in [3.8, 4) is 0 Å². The van der Waals surface area contributed by atoms with Crippen LogP contribution in [0.5, 0.6) is 0 Å². The normalized spacial score (nSPS) is 12.3. The quantitative estimate of drug-likeness (QED) is 0.195. The van der Waals surface area contributed by atoms with E-state index in [0.717, 1.165) is 11.1 Å². The molecule has 0 fully saturated rings. The van der Waals surface area contributed by atoms with Gasteiger partial charge in [-0.3, -0.25) is 19.2 Å². The minimum atomic E-state index is -1.08. The summed E-state index contributed by atoms with van der Waals surface area (Å²) in [6.45, 7) is 1.63. The highest BCUT2D eigenvalue weighted by atomic mass is 16.6. The molecule has 0 saturated carbocycles. The molecule has 150 valence electrons. The van der Waals surface area contributed by atoms with Crippen LogP contribution in [-0.4, -0.2) is 40.6 Å². The number of ketones is 2. The Morgan fingerprint density at radius 3 is 2.21 bits per heavy atom. The van der Waals surface area contributed by atoms with E-state index in [4.69, 9.17) is 10.4 Å². The minimum absolute atomic E-state index is 0.249. The van der Waals surface area contributed by atoms with Crippen LogP contribution in [0, 0.1) is 0 Å². The highest BCUT2D eigenvalue weighted by Crippen LogP contribution is 2.06. The van der Waals surface area contributed by atoms with Gasteiger partial charge in [0.2, 0.25) is 11.7 Å². The lowest BCUT2D eigenvalue weighted by Crippen LogP contribution is -2.51. The van der Waals surface area contributed by atoms with Crippen molar-refractivity contribution in [3.05, 3.63) is 77.3 Å². The van der Waals surface area contributed by atoms with E-state index in [0.29, 0.717) is 12.6 Å². The van der Waals surface area contributed by atoms with Crippen LogP contribution in [0.2, 0.25) is 0 Å². The Hall–Kier alpha value is -3.45. The molecule has 1 amide bonds. The van der Waals surface area contributed by atoms with Crippen LogP contribution in [0.4, 0.5) is 0 Å². The molecule has 0 aliphatic carbocycles. The Balaban J connectivity index is 2.02. The number of carbonyl (C=O) groups is 3. The largest absolute Gasteiger partial charge is 0.361 e. The second-order valence-corrected chi connectivity index (χ2v) is 6.34. The van der Waals surface area contributed by atoms with Crippen LogP contribution >= 0.6 is 0 Å². The van der Waals surface area contributed by atoms with Crippen molar-refractivity contribution in [2.45, 2.75) is 32.0 Å². The van der Waals surface area contributed by atoms with Gasteiger partial charge in [0.25, 0.3) is 0 Å². The van der Waals surface area contributed by atoms with Gasteiger partial charge in [-0.2, -0.15) is 10.3 Å². The molecular weight excluding hydrogens is 372 g/mol. The van der Waals surface area contributed by atoms with Gasteiger partial charge in [0.1, 0.15) is 6.04 Å². The third kappa shape index (κ3) is 7.23. The summed E-state index contributed by atoms with van der Waals surface area (Å²) in [5, 5.41) is 2.49. The Kier molecular flexibility index (Phi) is 8.59. The first kappa shape index (κ1) is 21.8. The zero-order chi connectivity index (χ0) is 21.1. The fraction of sp³-hybridized carbons (Fsp3) is 0.238. The molecule has 0 aliphatic heterocycles. The predicted molar refractivity (Wildman–Crippen MR) is 106 cm³/mol. The highest BCUT2D eigenvalue weighted by molar-refractivity contribution is 6.59. The van der Waals surface area contributed by atoms with Crippen LogP contribution in [0.1, 0.15) is 18.1 Å². The van der Waals surface area contributed by atoms with Crippen molar-refractivity contribution in [2.75, 3.05) is 0 Å². The number of hydrogen-bond donors (Lipinski definition) is 2. The molecule has 0 unspecified atom stereocenters. The summed E-state index contributed by atoms with van der Waals surface area (Å²) in [5.74, 6) is -2.40. The minimum Gasteiger partial charge on any atom is -0.361 e. The molecule has 29 heavy (non-hydrogen) atoms. The van der Waals surface area contributed by atoms with E-state index in [1.807, 2.05) is 60.7 Å². The van der Waals surface area contributed by atoms with E-state index in [1.54, 1.807) is 0 Å². The Morgan fingerprint density at radius 1 is 1.03 bits per heavy atom. The fourth-order valence-electron chi connectivity index (χ4n) is 2.55. The molecule has 0 heterocycles. The third-order valence-corrected chi connectivity index (χ3v) is 4.08. The summed E-state index contributed by atoms with van der Waals surface area (Å²) in [7, 11) is 0. The van der Waals surface area contributed by atoms with Crippen molar-refractivity contribution in [1.29, 1.82) is 0 Å². The van der Waals surface area contributed by atoms with E-state index >= 15 is 0 Å². The number of rotatable bonds is 11. The average Bonchev–Trinajstić information content (AvgIpc) is 2.74. The van der Waals surface area contributed by atoms with Crippen LogP contribution in [0.15, 0.2) is 60.7 Å². The third-order valence-electron chi connectivity index (χ3n) is 4.08. The molecule has 0 aromatic heterocycles. The Morgan fingerprint density at radius 2 is 1.62 bits per heavy atom. The second kappa shape index (κ2) is 11.4. The lowest BCUT2D eigenvalue weighted by molar-refractivity contribution is -0.137. The van der Waals surface area contributed by atoms with Crippen molar-refractivity contribution >= 4 is 23.7 Å². The summed E-state index contributed by atoms with van der Waals surface area (Å²) in [6, 6.07) is 16.9. The van der Waals surface area contributed by atoms with Gasteiger partial charge in [0.15, 0.2) is 0 Å². The number of amides is 1. The van der Waals surface area contributed by atoms with Crippen LogP contribution in [0.25, 0.3) is 5.53 Å². The maximum absolute atomic E-state index is 12.7. The molecule has 0 radical (unpaired) electrons. The molecular formula is C21H22N4O4. The molecule has 8 heteroatoms. The summed E-state index contributed by atoms with van der Waals surface area (Å²) >= 11 is 0.